The normalized spacial score (nSPS) is 18.3. The first-order valence-corrected chi connectivity index (χ1v) is 7.97. The van der Waals surface area contributed by atoms with E-state index in [2.05, 4.69) is 15.2 Å². The van der Waals surface area contributed by atoms with Gasteiger partial charge in [0.25, 0.3) is 0 Å². The van der Waals surface area contributed by atoms with Gasteiger partial charge in [-0.2, -0.15) is 0 Å². The molecule has 0 aromatic carbocycles. The summed E-state index contributed by atoms with van der Waals surface area (Å²) in [5, 5.41) is 2.71. The van der Waals surface area contributed by atoms with Crippen LogP contribution < -0.4 is 5.32 Å². The number of hydrogen-bond acceptors (Lipinski definition) is 5. The smallest absolute Gasteiger partial charge is 0.413 e. The Hall–Kier alpha value is -1.66. The fraction of sp³-hybridized carbons (Fsp3) is 0.647. The minimum Gasteiger partial charge on any atom is -0.444 e. The molecule has 2 rings (SSSR count). The molecule has 1 N–H and O–H groups in total. The van der Waals surface area contributed by atoms with Crippen LogP contribution in [0.1, 0.15) is 44.4 Å². The summed E-state index contributed by atoms with van der Waals surface area (Å²) in [6.45, 7) is 7.75. The SMILES string of the molecule is CN(C)Cc1nc(NC(=O)OC(C)(C)C)ccc1C1CCOC1. The van der Waals surface area contributed by atoms with Gasteiger partial charge in [0.05, 0.1) is 12.3 Å². The van der Waals surface area contributed by atoms with Gasteiger partial charge in [0.2, 0.25) is 0 Å². The largest absolute Gasteiger partial charge is 0.444 e. The van der Waals surface area contributed by atoms with Crippen molar-refractivity contribution < 1.29 is 14.3 Å². The van der Waals surface area contributed by atoms with Gasteiger partial charge in [0, 0.05) is 19.1 Å². The molecule has 1 atom stereocenters. The molecule has 1 aliphatic heterocycles. The Morgan fingerprint density at radius 1 is 1.43 bits per heavy atom. The van der Waals surface area contributed by atoms with Crippen LogP contribution >= 0.6 is 0 Å². The summed E-state index contributed by atoms with van der Waals surface area (Å²) in [4.78, 5) is 18.6. The lowest BCUT2D eigenvalue weighted by molar-refractivity contribution is 0.0635. The number of ether oxygens (including phenoxy) is 2. The van der Waals surface area contributed by atoms with E-state index in [0.29, 0.717) is 11.7 Å². The monoisotopic (exact) mass is 321 g/mol. The van der Waals surface area contributed by atoms with Crippen molar-refractivity contribution >= 4 is 11.9 Å². The second kappa shape index (κ2) is 7.27. The zero-order chi connectivity index (χ0) is 17.0. The number of anilines is 1. The molecule has 1 aromatic rings. The molecule has 0 radical (unpaired) electrons. The van der Waals surface area contributed by atoms with Crippen molar-refractivity contribution in [2.24, 2.45) is 0 Å². The lowest BCUT2D eigenvalue weighted by Crippen LogP contribution is -2.27. The van der Waals surface area contributed by atoms with Crippen molar-refractivity contribution in [3.05, 3.63) is 23.4 Å². The minimum atomic E-state index is -0.530. The Kier molecular flexibility index (Phi) is 5.59. The zero-order valence-corrected chi connectivity index (χ0v) is 14.7. The first-order chi connectivity index (χ1) is 10.7. The third kappa shape index (κ3) is 5.48. The zero-order valence-electron chi connectivity index (χ0n) is 14.7. The van der Waals surface area contributed by atoms with Crippen LogP contribution in [0.5, 0.6) is 0 Å². The Balaban J connectivity index is 2.16. The molecule has 6 nitrogen and oxygen atoms in total. The summed E-state index contributed by atoms with van der Waals surface area (Å²) in [6.07, 6.45) is 0.527. The summed E-state index contributed by atoms with van der Waals surface area (Å²) in [5.41, 5.74) is 1.64. The average molecular weight is 321 g/mol. The molecule has 128 valence electrons. The highest BCUT2D eigenvalue weighted by molar-refractivity contribution is 5.83. The van der Waals surface area contributed by atoms with Gasteiger partial charge in [-0.25, -0.2) is 9.78 Å². The second-order valence-corrected chi connectivity index (χ2v) is 7.16. The number of carbonyl (C=O) groups is 1. The van der Waals surface area contributed by atoms with E-state index < -0.39 is 11.7 Å². The maximum Gasteiger partial charge on any atom is 0.413 e. The maximum absolute atomic E-state index is 11.9. The van der Waals surface area contributed by atoms with Crippen LogP contribution in [-0.4, -0.2) is 48.9 Å². The summed E-state index contributed by atoms with van der Waals surface area (Å²) in [6, 6.07) is 3.87. The van der Waals surface area contributed by atoms with Crippen molar-refractivity contribution in [1.29, 1.82) is 0 Å². The second-order valence-electron chi connectivity index (χ2n) is 7.16. The van der Waals surface area contributed by atoms with Crippen LogP contribution in [0.15, 0.2) is 12.1 Å². The highest BCUT2D eigenvalue weighted by atomic mass is 16.6. The Labute approximate surface area is 138 Å². The molecular formula is C17H27N3O3. The van der Waals surface area contributed by atoms with Gasteiger partial charge in [-0.15, -0.1) is 0 Å². The first-order valence-electron chi connectivity index (χ1n) is 7.97. The van der Waals surface area contributed by atoms with E-state index in [4.69, 9.17) is 9.47 Å². The summed E-state index contributed by atoms with van der Waals surface area (Å²) >= 11 is 0. The minimum absolute atomic E-state index is 0.382. The summed E-state index contributed by atoms with van der Waals surface area (Å²) < 4.78 is 10.8. The van der Waals surface area contributed by atoms with Crippen LogP contribution in [0.3, 0.4) is 0 Å². The van der Waals surface area contributed by atoms with Crippen LogP contribution in [0, 0.1) is 0 Å². The molecule has 0 aliphatic carbocycles. The predicted molar refractivity (Wildman–Crippen MR) is 89.7 cm³/mol. The van der Waals surface area contributed by atoms with Crippen molar-refractivity contribution in [2.75, 3.05) is 32.6 Å². The fourth-order valence-corrected chi connectivity index (χ4v) is 2.57. The number of nitrogens with one attached hydrogen (secondary N) is 1. The molecule has 6 heteroatoms. The molecule has 1 aliphatic rings. The molecule has 23 heavy (non-hydrogen) atoms. The van der Waals surface area contributed by atoms with E-state index in [9.17, 15) is 4.79 Å². The van der Waals surface area contributed by atoms with E-state index in [0.717, 1.165) is 31.9 Å². The molecular weight excluding hydrogens is 294 g/mol. The van der Waals surface area contributed by atoms with E-state index in [1.807, 2.05) is 47.0 Å². The van der Waals surface area contributed by atoms with E-state index in [1.165, 1.54) is 5.56 Å². The van der Waals surface area contributed by atoms with E-state index in [1.54, 1.807) is 0 Å². The maximum atomic E-state index is 11.9. The van der Waals surface area contributed by atoms with Gasteiger partial charge in [0.15, 0.2) is 0 Å². The molecule has 0 saturated carbocycles. The molecule has 1 unspecified atom stereocenters. The number of pyridine rings is 1. The Morgan fingerprint density at radius 2 is 2.17 bits per heavy atom. The first kappa shape index (κ1) is 17.7. The van der Waals surface area contributed by atoms with Gasteiger partial charge >= 0.3 is 6.09 Å². The van der Waals surface area contributed by atoms with Crippen LogP contribution in [0.25, 0.3) is 0 Å². The molecule has 1 saturated heterocycles. The van der Waals surface area contributed by atoms with Crippen molar-refractivity contribution in [2.45, 2.75) is 45.3 Å². The Bertz CT molecular complexity index is 547. The number of hydrogen-bond donors (Lipinski definition) is 1. The Morgan fingerprint density at radius 3 is 2.74 bits per heavy atom. The topological polar surface area (TPSA) is 63.7 Å². The van der Waals surface area contributed by atoms with Crippen LogP contribution in [0.2, 0.25) is 0 Å². The molecule has 1 fully saturated rings. The third-order valence-corrected chi connectivity index (χ3v) is 3.47. The van der Waals surface area contributed by atoms with E-state index in [-0.39, 0.29) is 0 Å². The number of carbonyl (C=O) groups excluding carboxylic acids is 1. The number of amides is 1. The van der Waals surface area contributed by atoms with Crippen LogP contribution in [0.4, 0.5) is 10.6 Å². The van der Waals surface area contributed by atoms with Crippen molar-refractivity contribution in [1.82, 2.24) is 9.88 Å². The van der Waals surface area contributed by atoms with E-state index >= 15 is 0 Å². The molecule has 0 spiro atoms. The average Bonchev–Trinajstić information content (AvgIpc) is 2.89. The van der Waals surface area contributed by atoms with Crippen LogP contribution in [-0.2, 0) is 16.0 Å². The van der Waals surface area contributed by atoms with Crippen molar-refractivity contribution in [3.8, 4) is 0 Å². The lowest BCUT2D eigenvalue weighted by Gasteiger charge is -2.21. The summed E-state index contributed by atoms with van der Waals surface area (Å²) in [7, 11) is 4.01. The van der Waals surface area contributed by atoms with Gasteiger partial charge in [-0.05, 0) is 52.9 Å². The van der Waals surface area contributed by atoms with Gasteiger partial charge < -0.3 is 14.4 Å². The fourth-order valence-electron chi connectivity index (χ4n) is 2.57. The van der Waals surface area contributed by atoms with Crippen molar-refractivity contribution in [3.63, 3.8) is 0 Å². The predicted octanol–water partition coefficient (Wildman–Crippen LogP) is 2.99. The van der Waals surface area contributed by atoms with Gasteiger partial charge in [-0.3, -0.25) is 5.32 Å². The summed E-state index contributed by atoms with van der Waals surface area (Å²) in [5.74, 6) is 0.895. The highest BCUT2D eigenvalue weighted by Crippen LogP contribution is 2.28. The number of rotatable bonds is 4. The number of nitrogens with zero attached hydrogens (tertiary/aromatic N) is 2. The lowest BCUT2D eigenvalue weighted by atomic mass is 9.96. The van der Waals surface area contributed by atoms with Gasteiger partial charge in [-0.1, -0.05) is 6.07 Å². The quantitative estimate of drug-likeness (QED) is 0.923. The van der Waals surface area contributed by atoms with Gasteiger partial charge in [0.1, 0.15) is 11.4 Å². The third-order valence-electron chi connectivity index (χ3n) is 3.47. The molecule has 2 heterocycles. The standard InChI is InChI=1S/C17H27N3O3/c1-17(2,3)23-16(21)19-15-7-6-13(12-8-9-22-11-12)14(18-15)10-20(4)5/h6-7,12H,8-11H2,1-5H3,(H,18,19,21). The molecule has 1 aromatic heterocycles. The molecule has 0 bridgehead atoms. The highest BCUT2D eigenvalue weighted by Gasteiger charge is 2.22. The number of aromatic nitrogens is 1. The molecule has 1 amide bonds.